The zero-order valence-electron chi connectivity index (χ0n) is 10.0. The third-order valence-corrected chi connectivity index (χ3v) is 2.90. The van der Waals surface area contributed by atoms with Crippen molar-refractivity contribution in [2.45, 2.75) is 12.5 Å². The van der Waals surface area contributed by atoms with Crippen molar-refractivity contribution in [2.75, 3.05) is 31.7 Å². The smallest absolute Gasteiger partial charge is 0.308 e. The summed E-state index contributed by atoms with van der Waals surface area (Å²) >= 11 is 5.69. The van der Waals surface area contributed by atoms with E-state index < -0.39 is 0 Å². The average Bonchev–Trinajstić information content (AvgIpc) is 2.40. The molecule has 2 rings (SSSR count). The third-order valence-electron chi connectivity index (χ3n) is 2.70. The number of hydrogen-bond acceptors (Lipinski definition) is 6. The van der Waals surface area contributed by atoms with Gasteiger partial charge < -0.3 is 14.4 Å². The number of methoxy groups -OCH3 is 1. The summed E-state index contributed by atoms with van der Waals surface area (Å²) in [4.78, 5) is 13.2. The molecule has 1 unspecified atom stereocenters. The highest BCUT2D eigenvalue weighted by atomic mass is 35.5. The topological polar surface area (TPSA) is 64.5 Å². The maximum atomic E-state index is 11.2. The Hall–Kier alpha value is -1.40. The highest BCUT2D eigenvalue weighted by molar-refractivity contribution is 6.29. The van der Waals surface area contributed by atoms with E-state index in [0.29, 0.717) is 24.8 Å². The molecule has 2 heterocycles. The summed E-state index contributed by atoms with van der Waals surface area (Å²) in [5.41, 5.74) is 0. The summed E-state index contributed by atoms with van der Waals surface area (Å²) in [6.07, 6.45) is 0.0669. The van der Waals surface area contributed by atoms with Crippen LogP contribution in [0.2, 0.25) is 5.15 Å². The average molecular weight is 272 g/mol. The molecule has 18 heavy (non-hydrogen) atoms. The Bertz CT molecular complexity index is 412. The molecule has 0 saturated carbocycles. The molecule has 7 heteroatoms. The number of nitrogens with zero attached hydrogens (tertiary/aromatic N) is 3. The quantitative estimate of drug-likeness (QED) is 0.761. The van der Waals surface area contributed by atoms with Crippen LogP contribution in [0.5, 0.6) is 0 Å². The molecule has 1 aliphatic heterocycles. The zero-order chi connectivity index (χ0) is 13.0. The minimum absolute atomic E-state index is 0.177. The monoisotopic (exact) mass is 271 g/mol. The fraction of sp³-hybridized carbons (Fsp3) is 0.545. The third kappa shape index (κ3) is 3.30. The van der Waals surface area contributed by atoms with E-state index in [4.69, 9.17) is 16.3 Å². The van der Waals surface area contributed by atoms with Crippen molar-refractivity contribution in [2.24, 2.45) is 0 Å². The molecule has 0 bridgehead atoms. The molecule has 1 atom stereocenters. The number of carbonyl (C=O) groups is 1. The second kappa shape index (κ2) is 5.97. The van der Waals surface area contributed by atoms with Crippen molar-refractivity contribution in [1.29, 1.82) is 0 Å². The standard InChI is InChI=1S/C11H14ClN3O3/c1-17-11(16)6-8-7-15(4-5-18-8)10-3-2-9(12)13-14-10/h2-3,8H,4-7H2,1H3. The molecule has 0 N–H and O–H groups in total. The summed E-state index contributed by atoms with van der Waals surface area (Å²) in [7, 11) is 1.37. The highest BCUT2D eigenvalue weighted by Crippen LogP contribution is 2.17. The van der Waals surface area contributed by atoms with Crippen LogP contribution < -0.4 is 4.90 Å². The molecule has 1 aromatic rings. The Labute approximate surface area is 110 Å². The normalized spacial score (nSPS) is 19.7. The Morgan fingerprint density at radius 1 is 1.61 bits per heavy atom. The van der Waals surface area contributed by atoms with Gasteiger partial charge in [-0.15, -0.1) is 10.2 Å². The number of rotatable bonds is 3. The van der Waals surface area contributed by atoms with Gasteiger partial charge in [-0.3, -0.25) is 4.79 Å². The largest absolute Gasteiger partial charge is 0.469 e. The second-order valence-electron chi connectivity index (χ2n) is 3.93. The number of carbonyl (C=O) groups excluding carboxylic acids is 1. The van der Waals surface area contributed by atoms with Gasteiger partial charge in [-0.2, -0.15) is 0 Å². The van der Waals surface area contributed by atoms with Crippen LogP contribution in [-0.2, 0) is 14.3 Å². The van der Waals surface area contributed by atoms with Gasteiger partial charge in [0.15, 0.2) is 11.0 Å². The van der Waals surface area contributed by atoms with Gasteiger partial charge >= 0.3 is 5.97 Å². The molecule has 0 aromatic carbocycles. The molecule has 0 radical (unpaired) electrons. The minimum atomic E-state index is -0.274. The van der Waals surface area contributed by atoms with E-state index in [-0.39, 0.29) is 18.5 Å². The molecule has 0 spiro atoms. The lowest BCUT2D eigenvalue weighted by molar-refractivity contribution is -0.144. The number of anilines is 1. The van der Waals surface area contributed by atoms with E-state index in [1.807, 2.05) is 4.90 Å². The summed E-state index contributed by atoms with van der Waals surface area (Å²) in [5, 5.41) is 8.17. The van der Waals surface area contributed by atoms with Crippen LogP contribution in [0.15, 0.2) is 12.1 Å². The van der Waals surface area contributed by atoms with E-state index in [0.717, 1.165) is 5.82 Å². The van der Waals surface area contributed by atoms with Crippen molar-refractivity contribution < 1.29 is 14.3 Å². The van der Waals surface area contributed by atoms with Crippen LogP contribution in [0.25, 0.3) is 0 Å². The molecule has 0 amide bonds. The first-order chi connectivity index (χ1) is 8.69. The lowest BCUT2D eigenvalue weighted by Crippen LogP contribution is -2.43. The fourth-order valence-corrected chi connectivity index (χ4v) is 1.90. The molecule has 1 aliphatic rings. The van der Waals surface area contributed by atoms with Gasteiger partial charge in [0.05, 0.1) is 26.2 Å². The molecular formula is C11H14ClN3O3. The molecule has 98 valence electrons. The van der Waals surface area contributed by atoms with Crippen LogP contribution in [0.3, 0.4) is 0 Å². The van der Waals surface area contributed by atoms with Crippen LogP contribution in [0, 0.1) is 0 Å². The summed E-state index contributed by atoms with van der Waals surface area (Å²) < 4.78 is 10.1. The first-order valence-corrected chi connectivity index (χ1v) is 5.99. The SMILES string of the molecule is COC(=O)CC1CN(c2ccc(Cl)nn2)CCO1. The van der Waals surface area contributed by atoms with Crippen LogP contribution >= 0.6 is 11.6 Å². The Morgan fingerprint density at radius 3 is 3.11 bits per heavy atom. The number of ether oxygens (including phenoxy) is 2. The predicted molar refractivity (Wildman–Crippen MR) is 65.6 cm³/mol. The van der Waals surface area contributed by atoms with E-state index in [2.05, 4.69) is 14.9 Å². The lowest BCUT2D eigenvalue weighted by atomic mass is 10.2. The van der Waals surface area contributed by atoms with Gasteiger partial charge in [-0.1, -0.05) is 11.6 Å². The number of aromatic nitrogens is 2. The Balaban J connectivity index is 1.98. The Kier molecular flexibility index (Phi) is 4.33. The first kappa shape index (κ1) is 13.0. The minimum Gasteiger partial charge on any atom is -0.469 e. The van der Waals surface area contributed by atoms with Crippen molar-refractivity contribution in [3.63, 3.8) is 0 Å². The van der Waals surface area contributed by atoms with Crippen molar-refractivity contribution in [1.82, 2.24) is 10.2 Å². The number of esters is 1. The predicted octanol–water partition coefficient (Wildman–Crippen LogP) is 0.898. The van der Waals surface area contributed by atoms with Gasteiger partial charge in [0.1, 0.15) is 0 Å². The molecule has 1 aromatic heterocycles. The van der Waals surface area contributed by atoms with Crippen molar-refractivity contribution in [3.8, 4) is 0 Å². The Morgan fingerprint density at radius 2 is 2.44 bits per heavy atom. The zero-order valence-corrected chi connectivity index (χ0v) is 10.8. The first-order valence-electron chi connectivity index (χ1n) is 5.61. The highest BCUT2D eigenvalue weighted by Gasteiger charge is 2.24. The summed E-state index contributed by atoms with van der Waals surface area (Å²) in [5.74, 6) is 0.460. The van der Waals surface area contributed by atoms with Crippen LogP contribution in [-0.4, -0.2) is 49.1 Å². The van der Waals surface area contributed by atoms with Crippen molar-refractivity contribution in [3.05, 3.63) is 17.3 Å². The summed E-state index contributed by atoms with van der Waals surface area (Å²) in [6, 6.07) is 3.49. The number of halogens is 1. The van der Waals surface area contributed by atoms with Crippen LogP contribution in [0.4, 0.5) is 5.82 Å². The fourth-order valence-electron chi connectivity index (χ4n) is 1.80. The molecule has 1 saturated heterocycles. The van der Waals surface area contributed by atoms with Crippen LogP contribution in [0.1, 0.15) is 6.42 Å². The number of morpholine rings is 1. The number of hydrogen-bond donors (Lipinski definition) is 0. The maximum absolute atomic E-state index is 11.2. The van der Waals surface area contributed by atoms with Gasteiger partial charge in [0.25, 0.3) is 0 Å². The molecule has 1 fully saturated rings. The van der Waals surface area contributed by atoms with E-state index in [1.165, 1.54) is 7.11 Å². The van der Waals surface area contributed by atoms with Gasteiger partial charge in [-0.05, 0) is 12.1 Å². The van der Waals surface area contributed by atoms with Gasteiger partial charge in [0, 0.05) is 13.1 Å². The second-order valence-corrected chi connectivity index (χ2v) is 4.32. The lowest BCUT2D eigenvalue weighted by Gasteiger charge is -2.32. The van der Waals surface area contributed by atoms with Crippen molar-refractivity contribution >= 4 is 23.4 Å². The molecule has 0 aliphatic carbocycles. The van der Waals surface area contributed by atoms with Gasteiger partial charge in [0.2, 0.25) is 0 Å². The van der Waals surface area contributed by atoms with E-state index in [1.54, 1.807) is 12.1 Å². The van der Waals surface area contributed by atoms with E-state index >= 15 is 0 Å². The molecule has 6 nitrogen and oxygen atoms in total. The summed E-state index contributed by atoms with van der Waals surface area (Å²) in [6.45, 7) is 1.85. The maximum Gasteiger partial charge on any atom is 0.308 e. The van der Waals surface area contributed by atoms with Gasteiger partial charge in [-0.25, -0.2) is 0 Å². The van der Waals surface area contributed by atoms with E-state index in [9.17, 15) is 4.79 Å². The molecular weight excluding hydrogens is 258 g/mol.